The smallest absolute Gasteiger partial charge is 0.312 e. The van der Waals surface area contributed by atoms with Crippen LogP contribution in [0.2, 0.25) is 0 Å². The van der Waals surface area contributed by atoms with Gasteiger partial charge in [-0.3, -0.25) is 14.6 Å². The standard InChI is InChI=1S/C22H33N3O3/c1-16-4-3-5-20(17(16)2)24-8-6-19(7-9-24)25-13-18-12-23(10-11-26)14-22(18,15-25)21(27)28/h3-5,18-19,26H,6-15H2,1-2H3,(H,27,28)/t18-,22-/m1/s1. The number of anilines is 1. The lowest BCUT2D eigenvalue weighted by Gasteiger charge is -2.39. The van der Waals surface area contributed by atoms with Gasteiger partial charge in [-0.15, -0.1) is 0 Å². The molecule has 3 aliphatic heterocycles. The predicted molar refractivity (Wildman–Crippen MR) is 110 cm³/mol. The van der Waals surface area contributed by atoms with Gasteiger partial charge in [-0.25, -0.2) is 0 Å². The van der Waals surface area contributed by atoms with Crippen molar-refractivity contribution < 1.29 is 15.0 Å². The lowest BCUT2D eigenvalue weighted by atomic mass is 9.81. The van der Waals surface area contributed by atoms with Crippen LogP contribution in [0, 0.1) is 25.2 Å². The molecule has 1 aromatic rings. The number of carboxylic acid groups (broad SMARTS) is 1. The van der Waals surface area contributed by atoms with E-state index in [9.17, 15) is 15.0 Å². The molecule has 0 saturated carbocycles. The van der Waals surface area contributed by atoms with Gasteiger partial charge in [0, 0.05) is 63.5 Å². The molecule has 0 aromatic heterocycles. The van der Waals surface area contributed by atoms with E-state index in [0.717, 1.165) is 39.0 Å². The maximum Gasteiger partial charge on any atom is 0.312 e. The van der Waals surface area contributed by atoms with Gasteiger partial charge in [-0.1, -0.05) is 12.1 Å². The van der Waals surface area contributed by atoms with E-state index in [1.54, 1.807) is 0 Å². The van der Waals surface area contributed by atoms with E-state index in [-0.39, 0.29) is 12.5 Å². The first-order chi connectivity index (χ1) is 13.4. The zero-order valence-electron chi connectivity index (χ0n) is 17.1. The fraction of sp³-hybridized carbons (Fsp3) is 0.682. The molecule has 0 amide bonds. The summed E-state index contributed by atoms with van der Waals surface area (Å²) in [5, 5.41) is 19.2. The van der Waals surface area contributed by atoms with Gasteiger partial charge in [0.2, 0.25) is 0 Å². The first-order valence-corrected chi connectivity index (χ1v) is 10.6. The number of β-amino-alcohol motifs (C(OH)–C–C–N with tert-alkyl or cyclic N) is 1. The van der Waals surface area contributed by atoms with Crippen molar-refractivity contribution in [2.75, 3.05) is 57.3 Å². The number of aryl methyl sites for hydroxylation is 1. The maximum atomic E-state index is 12.2. The molecule has 2 N–H and O–H groups in total. The van der Waals surface area contributed by atoms with Crippen LogP contribution in [-0.4, -0.2) is 84.4 Å². The Morgan fingerprint density at radius 3 is 2.57 bits per heavy atom. The Morgan fingerprint density at radius 1 is 1.18 bits per heavy atom. The van der Waals surface area contributed by atoms with Crippen LogP contribution >= 0.6 is 0 Å². The molecule has 3 heterocycles. The number of piperidine rings is 1. The number of hydrogen-bond donors (Lipinski definition) is 2. The number of hydrogen-bond acceptors (Lipinski definition) is 5. The third-order valence-electron chi connectivity index (χ3n) is 7.45. The highest BCUT2D eigenvalue weighted by atomic mass is 16.4. The van der Waals surface area contributed by atoms with E-state index in [4.69, 9.17) is 0 Å². The summed E-state index contributed by atoms with van der Waals surface area (Å²) in [5.41, 5.74) is 3.39. The van der Waals surface area contributed by atoms with Crippen molar-refractivity contribution in [2.24, 2.45) is 11.3 Å². The van der Waals surface area contributed by atoms with Crippen LogP contribution in [0.5, 0.6) is 0 Å². The fourth-order valence-corrected chi connectivity index (χ4v) is 5.65. The first kappa shape index (κ1) is 19.7. The second-order valence-corrected chi connectivity index (χ2v) is 8.98. The summed E-state index contributed by atoms with van der Waals surface area (Å²) in [6, 6.07) is 7.01. The number of nitrogens with zero attached hydrogens (tertiary/aromatic N) is 3. The van der Waals surface area contributed by atoms with Gasteiger partial charge in [0.05, 0.1) is 12.0 Å². The second-order valence-electron chi connectivity index (χ2n) is 8.98. The molecule has 0 spiro atoms. The van der Waals surface area contributed by atoms with E-state index in [0.29, 0.717) is 25.7 Å². The molecule has 0 bridgehead atoms. The molecule has 3 fully saturated rings. The number of carboxylic acids is 1. The van der Waals surface area contributed by atoms with Crippen molar-refractivity contribution in [1.82, 2.24) is 9.80 Å². The molecule has 6 heteroatoms. The van der Waals surface area contributed by atoms with E-state index in [1.165, 1.54) is 16.8 Å². The van der Waals surface area contributed by atoms with Crippen LogP contribution in [0.25, 0.3) is 0 Å². The van der Waals surface area contributed by atoms with Crippen LogP contribution < -0.4 is 4.90 Å². The molecule has 0 unspecified atom stereocenters. The van der Waals surface area contributed by atoms with E-state index < -0.39 is 11.4 Å². The summed E-state index contributed by atoms with van der Waals surface area (Å²) in [5.74, 6) is -0.484. The fourth-order valence-electron chi connectivity index (χ4n) is 5.65. The van der Waals surface area contributed by atoms with Crippen molar-refractivity contribution in [1.29, 1.82) is 0 Å². The van der Waals surface area contributed by atoms with Crippen molar-refractivity contribution in [3.63, 3.8) is 0 Å². The average Bonchev–Trinajstić information content (AvgIpc) is 3.20. The Kier molecular flexibility index (Phi) is 5.38. The van der Waals surface area contributed by atoms with Gasteiger partial charge in [0.1, 0.15) is 0 Å². The molecule has 0 radical (unpaired) electrons. The van der Waals surface area contributed by atoms with Gasteiger partial charge >= 0.3 is 5.97 Å². The minimum Gasteiger partial charge on any atom is -0.481 e. The zero-order chi connectivity index (χ0) is 19.9. The van der Waals surface area contributed by atoms with Crippen molar-refractivity contribution in [3.05, 3.63) is 29.3 Å². The SMILES string of the molecule is Cc1cccc(N2CCC(N3C[C@H]4CN(CCO)C[C@@]4(C(=O)O)C3)CC2)c1C. The van der Waals surface area contributed by atoms with Crippen molar-refractivity contribution in [3.8, 4) is 0 Å². The van der Waals surface area contributed by atoms with Gasteiger partial charge in [0.15, 0.2) is 0 Å². The highest BCUT2D eigenvalue weighted by molar-refractivity contribution is 5.77. The first-order valence-electron chi connectivity index (χ1n) is 10.6. The average molecular weight is 388 g/mol. The molecule has 3 saturated heterocycles. The predicted octanol–water partition coefficient (Wildman–Crippen LogP) is 1.58. The van der Waals surface area contributed by atoms with E-state index >= 15 is 0 Å². The Bertz CT molecular complexity index is 732. The monoisotopic (exact) mass is 387 g/mol. The third-order valence-corrected chi connectivity index (χ3v) is 7.45. The summed E-state index contributed by atoms with van der Waals surface area (Å²) in [4.78, 5) is 19.2. The normalized spacial score (nSPS) is 29.4. The number of carbonyl (C=O) groups is 1. The largest absolute Gasteiger partial charge is 0.481 e. The zero-order valence-corrected chi connectivity index (χ0v) is 17.1. The molecule has 4 rings (SSSR count). The quantitative estimate of drug-likeness (QED) is 0.800. The summed E-state index contributed by atoms with van der Waals surface area (Å²) < 4.78 is 0. The number of likely N-dealkylation sites (tertiary alicyclic amines) is 2. The van der Waals surface area contributed by atoms with Gasteiger partial charge in [-0.05, 0) is 43.9 Å². The molecular weight excluding hydrogens is 354 g/mol. The van der Waals surface area contributed by atoms with Crippen LogP contribution in [0.4, 0.5) is 5.69 Å². The molecule has 1 aromatic carbocycles. The Balaban J connectivity index is 1.40. The summed E-state index contributed by atoms with van der Waals surface area (Å²) >= 11 is 0. The second kappa shape index (κ2) is 7.65. The Morgan fingerprint density at radius 2 is 1.93 bits per heavy atom. The van der Waals surface area contributed by atoms with Gasteiger partial charge in [-0.2, -0.15) is 0 Å². The summed E-state index contributed by atoms with van der Waals surface area (Å²) in [6.07, 6.45) is 2.19. The van der Waals surface area contributed by atoms with Gasteiger partial charge in [0.25, 0.3) is 0 Å². The number of aliphatic hydroxyl groups excluding tert-OH is 1. The molecule has 6 nitrogen and oxygen atoms in total. The topological polar surface area (TPSA) is 67.2 Å². The number of rotatable bonds is 5. The number of fused-ring (bicyclic) bond motifs is 1. The molecular formula is C22H33N3O3. The highest BCUT2D eigenvalue weighted by Crippen LogP contribution is 2.44. The molecule has 3 aliphatic rings. The van der Waals surface area contributed by atoms with Crippen LogP contribution in [0.15, 0.2) is 18.2 Å². The molecule has 154 valence electrons. The summed E-state index contributed by atoms with van der Waals surface area (Å²) in [6.45, 7) is 10.0. The molecule has 0 aliphatic carbocycles. The van der Waals surface area contributed by atoms with E-state index in [2.05, 4.69) is 46.7 Å². The van der Waals surface area contributed by atoms with Crippen LogP contribution in [0.1, 0.15) is 24.0 Å². The number of aliphatic carboxylic acids is 1. The Hall–Kier alpha value is -1.63. The molecule has 28 heavy (non-hydrogen) atoms. The number of aliphatic hydroxyl groups is 1. The molecule has 2 atom stereocenters. The Labute approximate surface area is 167 Å². The lowest BCUT2D eigenvalue weighted by Crippen LogP contribution is -2.47. The minimum absolute atomic E-state index is 0.100. The van der Waals surface area contributed by atoms with Crippen LogP contribution in [-0.2, 0) is 4.79 Å². The van der Waals surface area contributed by atoms with Crippen molar-refractivity contribution >= 4 is 11.7 Å². The maximum absolute atomic E-state index is 12.2. The highest BCUT2D eigenvalue weighted by Gasteiger charge is 2.58. The van der Waals surface area contributed by atoms with Crippen LogP contribution in [0.3, 0.4) is 0 Å². The van der Waals surface area contributed by atoms with Crippen molar-refractivity contribution in [2.45, 2.75) is 32.7 Å². The van der Waals surface area contributed by atoms with E-state index in [1.807, 2.05) is 0 Å². The third kappa shape index (κ3) is 3.31. The number of benzene rings is 1. The van der Waals surface area contributed by atoms with Gasteiger partial charge < -0.3 is 15.1 Å². The lowest BCUT2D eigenvalue weighted by molar-refractivity contribution is -0.149. The minimum atomic E-state index is -0.659. The summed E-state index contributed by atoms with van der Waals surface area (Å²) in [7, 11) is 0.